The number of aromatic hydroxyl groups is 1. The van der Waals surface area contributed by atoms with Crippen molar-refractivity contribution in [2.75, 3.05) is 5.01 Å². The predicted molar refractivity (Wildman–Crippen MR) is 107 cm³/mol. The van der Waals surface area contributed by atoms with E-state index in [4.69, 9.17) is 9.52 Å². The van der Waals surface area contributed by atoms with E-state index in [0.29, 0.717) is 17.9 Å². The van der Waals surface area contributed by atoms with Gasteiger partial charge in [0.25, 0.3) is 0 Å². The van der Waals surface area contributed by atoms with Crippen molar-refractivity contribution in [3.63, 3.8) is 0 Å². The molecule has 28 heavy (non-hydrogen) atoms. The summed E-state index contributed by atoms with van der Waals surface area (Å²) in [6, 6.07) is 11.1. The Kier molecular flexibility index (Phi) is 4.50. The number of hydrazone groups is 1. The largest absolute Gasteiger partial charge is 0.507 e. The maximum Gasteiger partial charge on any atom is 0.348 e. The third-order valence-corrected chi connectivity index (χ3v) is 4.94. The SMILES string of the molecule is CCn1cc([C@H]2CC(c3c(O)cc(C)oc3=O)=NN2c2ccccc2)c(C)n1. The van der Waals surface area contributed by atoms with Gasteiger partial charge in [0.15, 0.2) is 0 Å². The number of aromatic nitrogens is 2. The molecule has 0 unspecified atom stereocenters. The molecule has 4 rings (SSSR count). The first kappa shape index (κ1) is 18.0. The molecule has 0 amide bonds. The number of nitrogens with zero attached hydrogens (tertiary/aromatic N) is 4. The monoisotopic (exact) mass is 378 g/mol. The zero-order valence-corrected chi connectivity index (χ0v) is 16.1. The molecule has 1 N–H and O–H groups in total. The molecule has 1 atom stereocenters. The zero-order chi connectivity index (χ0) is 19.8. The van der Waals surface area contributed by atoms with E-state index in [1.165, 1.54) is 6.07 Å². The molecular formula is C21H22N4O3. The molecular weight excluding hydrogens is 356 g/mol. The summed E-state index contributed by atoms with van der Waals surface area (Å²) in [4.78, 5) is 12.4. The number of anilines is 1. The van der Waals surface area contributed by atoms with E-state index in [2.05, 4.69) is 5.10 Å². The standard InChI is InChI=1S/C21H22N4O3/c1-4-24-12-16(14(3)22-24)18-11-17(20-19(26)10-13(2)28-21(20)27)23-25(18)15-8-6-5-7-9-15/h5-10,12,18,26H,4,11H2,1-3H3/t18-/m1/s1. The Morgan fingerprint density at radius 2 is 2.00 bits per heavy atom. The second-order valence-corrected chi connectivity index (χ2v) is 6.88. The lowest BCUT2D eigenvalue weighted by Gasteiger charge is -2.23. The van der Waals surface area contributed by atoms with Crippen LogP contribution < -0.4 is 10.6 Å². The van der Waals surface area contributed by atoms with E-state index in [-0.39, 0.29) is 17.4 Å². The highest BCUT2D eigenvalue weighted by Gasteiger charge is 2.34. The summed E-state index contributed by atoms with van der Waals surface area (Å²) in [6.07, 6.45) is 2.48. The molecule has 144 valence electrons. The van der Waals surface area contributed by atoms with Gasteiger partial charge in [-0.1, -0.05) is 18.2 Å². The molecule has 1 aliphatic rings. The van der Waals surface area contributed by atoms with Crippen LogP contribution >= 0.6 is 0 Å². The highest BCUT2D eigenvalue weighted by molar-refractivity contribution is 6.04. The summed E-state index contributed by atoms with van der Waals surface area (Å²) in [5, 5.41) is 21.5. The van der Waals surface area contributed by atoms with Crippen molar-refractivity contribution in [2.45, 2.75) is 39.8 Å². The van der Waals surface area contributed by atoms with Crippen molar-refractivity contribution >= 4 is 11.4 Å². The average Bonchev–Trinajstić information content (AvgIpc) is 3.25. The van der Waals surface area contributed by atoms with Gasteiger partial charge in [0, 0.05) is 30.8 Å². The molecule has 3 aromatic rings. The van der Waals surface area contributed by atoms with Gasteiger partial charge in [-0.3, -0.25) is 9.69 Å². The Bertz CT molecular complexity index is 1100. The number of hydrogen-bond donors (Lipinski definition) is 1. The van der Waals surface area contributed by atoms with Gasteiger partial charge in [-0.05, 0) is 32.9 Å². The van der Waals surface area contributed by atoms with Crippen LogP contribution in [0.5, 0.6) is 5.75 Å². The van der Waals surface area contributed by atoms with Crippen LogP contribution in [0.15, 0.2) is 56.9 Å². The van der Waals surface area contributed by atoms with Crippen LogP contribution in [0.1, 0.15) is 42.0 Å². The molecule has 0 fully saturated rings. The van der Waals surface area contributed by atoms with Gasteiger partial charge in [-0.25, -0.2) is 4.79 Å². The lowest BCUT2D eigenvalue weighted by Crippen LogP contribution is -2.19. The third kappa shape index (κ3) is 3.09. The lowest BCUT2D eigenvalue weighted by atomic mass is 9.99. The second kappa shape index (κ2) is 6.99. The first-order valence-electron chi connectivity index (χ1n) is 9.27. The van der Waals surface area contributed by atoms with E-state index in [9.17, 15) is 9.90 Å². The minimum atomic E-state index is -0.578. The first-order valence-corrected chi connectivity index (χ1v) is 9.27. The first-order chi connectivity index (χ1) is 13.5. The molecule has 0 saturated heterocycles. The molecule has 7 nitrogen and oxygen atoms in total. The minimum Gasteiger partial charge on any atom is -0.507 e. The topological polar surface area (TPSA) is 83.9 Å². The molecule has 1 aromatic carbocycles. The summed E-state index contributed by atoms with van der Waals surface area (Å²) < 4.78 is 7.09. The Labute approximate surface area is 162 Å². The van der Waals surface area contributed by atoms with Gasteiger partial charge in [-0.2, -0.15) is 10.2 Å². The number of aryl methyl sites for hydroxylation is 3. The molecule has 2 aromatic heterocycles. The number of rotatable bonds is 4. The molecule has 3 heterocycles. The molecule has 0 radical (unpaired) electrons. The van der Waals surface area contributed by atoms with Crippen molar-refractivity contribution in [2.24, 2.45) is 5.10 Å². The van der Waals surface area contributed by atoms with Crippen molar-refractivity contribution in [3.05, 3.63) is 75.6 Å². The predicted octanol–water partition coefficient (Wildman–Crippen LogP) is 3.53. The summed E-state index contributed by atoms with van der Waals surface area (Å²) in [5.41, 5.74) is 2.91. The van der Waals surface area contributed by atoms with Gasteiger partial charge in [-0.15, -0.1) is 0 Å². The van der Waals surface area contributed by atoms with E-state index >= 15 is 0 Å². The Morgan fingerprint density at radius 1 is 1.25 bits per heavy atom. The summed E-state index contributed by atoms with van der Waals surface area (Å²) >= 11 is 0. The Hall–Kier alpha value is -3.35. The van der Waals surface area contributed by atoms with E-state index < -0.39 is 5.63 Å². The van der Waals surface area contributed by atoms with Gasteiger partial charge < -0.3 is 9.52 Å². The zero-order valence-electron chi connectivity index (χ0n) is 16.1. The van der Waals surface area contributed by atoms with Crippen LogP contribution in [0.4, 0.5) is 5.69 Å². The maximum absolute atomic E-state index is 12.4. The van der Waals surface area contributed by atoms with Crippen molar-refractivity contribution in [3.8, 4) is 5.75 Å². The van der Waals surface area contributed by atoms with Gasteiger partial charge in [0.2, 0.25) is 0 Å². The highest BCUT2D eigenvalue weighted by Crippen LogP contribution is 2.38. The van der Waals surface area contributed by atoms with E-state index in [1.54, 1.807) is 6.92 Å². The minimum absolute atomic E-state index is 0.109. The molecule has 0 saturated carbocycles. The summed E-state index contributed by atoms with van der Waals surface area (Å²) in [7, 11) is 0. The second-order valence-electron chi connectivity index (χ2n) is 6.88. The van der Waals surface area contributed by atoms with Crippen LogP contribution in [0.2, 0.25) is 0 Å². The maximum atomic E-state index is 12.4. The molecule has 7 heteroatoms. The van der Waals surface area contributed by atoms with Crippen LogP contribution in [0.25, 0.3) is 0 Å². The van der Waals surface area contributed by atoms with E-state index in [0.717, 1.165) is 23.5 Å². The number of hydrogen-bond acceptors (Lipinski definition) is 6. The number of benzene rings is 1. The molecule has 1 aliphatic heterocycles. The quantitative estimate of drug-likeness (QED) is 0.751. The van der Waals surface area contributed by atoms with Gasteiger partial charge >= 0.3 is 5.63 Å². The normalized spacial score (nSPS) is 16.5. The van der Waals surface area contributed by atoms with Crippen LogP contribution in [-0.2, 0) is 6.54 Å². The number of para-hydroxylation sites is 1. The fraction of sp³-hybridized carbons (Fsp3) is 0.286. The molecule has 0 bridgehead atoms. The third-order valence-electron chi connectivity index (χ3n) is 4.94. The smallest absolute Gasteiger partial charge is 0.348 e. The Morgan fingerprint density at radius 3 is 2.64 bits per heavy atom. The van der Waals surface area contributed by atoms with Crippen molar-refractivity contribution in [1.29, 1.82) is 0 Å². The molecule has 0 spiro atoms. The van der Waals surface area contributed by atoms with Gasteiger partial charge in [0.05, 0.1) is 23.1 Å². The lowest BCUT2D eigenvalue weighted by molar-refractivity contribution is 0.432. The Balaban J connectivity index is 1.83. The summed E-state index contributed by atoms with van der Waals surface area (Å²) in [6.45, 7) is 6.41. The van der Waals surface area contributed by atoms with Crippen LogP contribution in [0, 0.1) is 13.8 Å². The van der Waals surface area contributed by atoms with Crippen LogP contribution in [0.3, 0.4) is 0 Å². The van der Waals surface area contributed by atoms with E-state index in [1.807, 2.05) is 60.1 Å². The van der Waals surface area contributed by atoms with Gasteiger partial charge in [0.1, 0.15) is 17.1 Å². The average molecular weight is 378 g/mol. The van der Waals surface area contributed by atoms with Crippen LogP contribution in [-0.4, -0.2) is 20.6 Å². The summed E-state index contributed by atoms with van der Waals surface area (Å²) in [5.74, 6) is 0.253. The fourth-order valence-electron chi connectivity index (χ4n) is 3.61. The highest BCUT2D eigenvalue weighted by atomic mass is 16.4. The van der Waals surface area contributed by atoms with Crippen molar-refractivity contribution < 1.29 is 9.52 Å². The van der Waals surface area contributed by atoms with Crippen molar-refractivity contribution in [1.82, 2.24) is 9.78 Å². The fourth-order valence-corrected chi connectivity index (χ4v) is 3.61. The molecule has 0 aliphatic carbocycles.